The molecule has 2 rings (SSSR count). The highest BCUT2D eigenvalue weighted by Gasteiger charge is 2.28. The summed E-state index contributed by atoms with van der Waals surface area (Å²) in [5.74, 6) is 0.112. The van der Waals surface area contributed by atoms with Crippen LogP contribution in [0.5, 0.6) is 0 Å². The minimum absolute atomic E-state index is 0.0626. The van der Waals surface area contributed by atoms with Gasteiger partial charge in [0.2, 0.25) is 11.8 Å². The van der Waals surface area contributed by atoms with Crippen LogP contribution in [0, 0.1) is 12.8 Å². The van der Waals surface area contributed by atoms with E-state index in [-0.39, 0.29) is 23.8 Å². The van der Waals surface area contributed by atoms with Gasteiger partial charge in [-0.15, -0.1) is 0 Å². The first-order chi connectivity index (χ1) is 11.9. The number of likely N-dealkylation sites (tertiary alicyclic amines) is 1. The third-order valence-electron chi connectivity index (χ3n) is 5.00. The lowest BCUT2D eigenvalue weighted by molar-refractivity contribution is -0.135. The third-order valence-corrected chi connectivity index (χ3v) is 5.00. The fraction of sp³-hybridized carbons (Fsp3) is 0.600. The van der Waals surface area contributed by atoms with Crippen molar-refractivity contribution in [3.63, 3.8) is 0 Å². The number of likely N-dealkylation sites (N-methyl/N-ethyl adjacent to an activating group) is 1. The number of hydrogen-bond acceptors (Lipinski definition) is 3. The van der Waals surface area contributed by atoms with E-state index in [2.05, 4.69) is 41.4 Å². The first kappa shape index (κ1) is 19.4. The summed E-state index contributed by atoms with van der Waals surface area (Å²) in [5.41, 5.74) is 2.43. The van der Waals surface area contributed by atoms with Gasteiger partial charge in [0, 0.05) is 26.1 Å². The van der Waals surface area contributed by atoms with Crippen LogP contribution in [0.15, 0.2) is 24.3 Å². The molecule has 5 nitrogen and oxygen atoms in total. The fourth-order valence-corrected chi connectivity index (χ4v) is 3.37. The predicted molar refractivity (Wildman–Crippen MR) is 100 cm³/mol. The van der Waals surface area contributed by atoms with Gasteiger partial charge in [-0.2, -0.15) is 0 Å². The lowest BCUT2D eigenvalue weighted by atomic mass is 9.96. The van der Waals surface area contributed by atoms with Crippen molar-refractivity contribution in [1.29, 1.82) is 0 Å². The van der Waals surface area contributed by atoms with Gasteiger partial charge in [-0.3, -0.25) is 9.59 Å². The van der Waals surface area contributed by atoms with Crippen molar-refractivity contribution < 1.29 is 9.59 Å². The van der Waals surface area contributed by atoms with Gasteiger partial charge in [-0.05, 0) is 39.4 Å². The van der Waals surface area contributed by atoms with Crippen molar-refractivity contribution >= 4 is 11.8 Å². The summed E-state index contributed by atoms with van der Waals surface area (Å²) < 4.78 is 0. The van der Waals surface area contributed by atoms with Crippen molar-refractivity contribution in [1.82, 2.24) is 15.1 Å². The monoisotopic (exact) mass is 345 g/mol. The molecule has 1 aromatic carbocycles. The smallest absolute Gasteiger partial charge is 0.224 e. The second kappa shape index (κ2) is 8.99. The van der Waals surface area contributed by atoms with Crippen LogP contribution >= 0.6 is 0 Å². The van der Waals surface area contributed by atoms with Gasteiger partial charge in [0.15, 0.2) is 0 Å². The van der Waals surface area contributed by atoms with Gasteiger partial charge >= 0.3 is 0 Å². The number of carbonyl (C=O) groups excluding carboxylic acids is 2. The number of carbonyl (C=O) groups is 2. The summed E-state index contributed by atoms with van der Waals surface area (Å²) >= 11 is 0. The van der Waals surface area contributed by atoms with E-state index in [1.54, 1.807) is 0 Å². The summed E-state index contributed by atoms with van der Waals surface area (Å²) in [6.45, 7) is 5.85. The van der Waals surface area contributed by atoms with Crippen molar-refractivity contribution in [2.24, 2.45) is 5.92 Å². The van der Waals surface area contributed by atoms with E-state index < -0.39 is 0 Å². The Morgan fingerprint density at radius 3 is 2.56 bits per heavy atom. The van der Waals surface area contributed by atoms with Crippen molar-refractivity contribution in [2.75, 3.05) is 33.7 Å². The van der Waals surface area contributed by atoms with Crippen molar-refractivity contribution in [3.8, 4) is 0 Å². The predicted octanol–water partition coefficient (Wildman–Crippen LogP) is 2.36. The molecule has 2 atom stereocenters. The quantitative estimate of drug-likeness (QED) is 0.861. The Hall–Kier alpha value is -1.88. The molecule has 0 aromatic heterocycles. The molecule has 1 heterocycles. The SMILES string of the molecule is CCC(=O)N1CCC[C@H](C(=O)NC[C@@H](c2ccc(C)cc2)N(C)C)C1. The number of hydrogen-bond donors (Lipinski definition) is 1. The van der Waals surface area contributed by atoms with Crippen LogP contribution in [0.25, 0.3) is 0 Å². The zero-order valence-corrected chi connectivity index (χ0v) is 15.9. The van der Waals surface area contributed by atoms with Crippen LogP contribution in [-0.4, -0.2) is 55.3 Å². The van der Waals surface area contributed by atoms with E-state index in [1.807, 2.05) is 25.9 Å². The molecule has 1 saturated heterocycles. The van der Waals surface area contributed by atoms with Crippen LogP contribution in [0.3, 0.4) is 0 Å². The highest BCUT2D eigenvalue weighted by Crippen LogP contribution is 2.20. The van der Waals surface area contributed by atoms with E-state index in [0.717, 1.165) is 19.4 Å². The Bertz CT molecular complexity index is 583. The average molecular weight is 345 g/mol. The first-order valence-electron chi connectivity index (χ1n) is 9.20. The minimum atomic E-state index is -0.0925. The molecular formula is C20H31N3O2. The first-order valence-corrected chi connectivity index (χ1v) is 9.20. The molecule has 0 aliphatic carbocycles. The zero-order valence-electron chi connectivity index (χ0n) is 15.9. The topological polar surface area (TPSA) is 52.7 Å². The number of nitrogens with one attached hydrogen (secondary N) is 1. The number of rotatable bonds is 6. The second-order valence-electron chi connectivity index (χ2n) is 7.17. The fourth-order valence-electron chi connectivity index (χ4n) is 3.37. The molecule has 0 saturated carbocycles. The van der Waals surface area contributed by atoms with Gasteiger partial charge < -0.3 is 15.1 Å². The molecule has 1 aliphatic heterocycles. The minimum Gasteiger partial charge on any atom is -0.354 e. The molecule has 0 unspecified atom stereocenters. The Morgan fingerprint density at radius 1 is 1.28 bits per heavy atom. The normalized spacial score (nSPS) is 18.9. The van der Waals surface area contributed by atoms with Crippen LogP contribution < -0.4 is 5.32 Å². The van der Waals surface area contributed by atoms with E-state index in [4.69, 9.17) is 0 Å². The Kier molecular flexibility index (Phi) is 7.00. The lowest BCUT2D eigenvalue weighted by Gasteiger charge is -2.32. The van der Waals surface area contributed by atoms with Crippen LogP contribution in [-0.2, 0) is 9.59 Å². The molecule has 1 fully saturated rings. The standard InChI is InChI=1S/C20H31N3O2/c1-5-19(24)23-12-6-7-17(14-23)20(25)21-13-18(22(3)4)16-10-8-15(2)9-11-16/h8-11,17-18H,5-7,12-14H2,1-4H3,(H,21,25)/t17-,18-/m0/s1. The highest BCUT2D eigenvalue weighted by molar-refractivity contribution is 5.81. The van der Waals surface area contributed by atoms with E-state index >= 15 is 0 Å². The Labute approximate surface area is 151 Å². The molecule has 5 heteroatoms. The van der Waals surface area contributed by atoms with Gasteiger partial charge in [0.25, 0.3) is 0 Å². The molecule has 1 N–H and O–H groups in total. The summed E-state index contributed by atoms with van der Waals surface area (Å²) in [7, 11) is 4.05. The molecule has 138 valence electrons. The molecular weight excluding hydrogens is 314 g/mol. The van der Waals surface area contributed by atoms with Gasteiger partial charge in [-0.1, -0.05) is 36.8 Å². The van der Waals surface area contributed by atoms with Gasteiger partial charge in [0.05, 0.1) is 12.0 Å². The zero-order chi connectivity index (χ0) is 18.4. The van der Waals surface area contributed by atoms with Crippen LogP contribution in [0.2, 0.25) is 0 Å². The van der Waals surface area contributed by atoms with E-state index in [0.29, 0.717) is 19.5 Å². The van der Waals surface area contributed by atoms with Crippen molar-refractivity contribution in [3.05, 3.63) is 35.4 Å². The number of benzene rings is 1. The Morgan fingerprint density at radius 2 is 1.96 bits per heavy atom. The number of piperidine rings is 1. The van der Waals surface area contributed by atoms with Gasteiger partial charge in [0.1, 0.15) is 0 Å². The highest BCUT2D eigenvalue weighted by atomic mass is 16.2. The molecule has 0 bridgehead atoms. The Balaban J connectivity index is 1.94. The van der Waals surface area contributed by atoms with E-state index in [9.17, 15) is 9.59 Å². The summed E-state index contributed by atoms with van der Waals surface area (Å²) in [6, 6.07) is 8.58. The van der Waals surface area contributed by atoms with Crippen LogP contribution in [0.1, 0.15) is 43.4 Å². The number of aryl methyl sites for hydroxylation is 1. The summed E-state index contributed by atoms with van der Waals surface area (Å²) in [6.07, 6.45) is 2.26. The number of nitrogens with zero attached hydrogens (tertiary/aromatic N) is 2. The molecule has 1 aromatic rings. The molecule has 1 aliphatic rings. The maximum Gasteiger partial charge on any atom is 0.224 e. The van der Waals surface area contributed by atoms with Crippen molar-refractivity contribution in [2.45, 2.75) is 39.2 Å². The average Bonchev–Trinajstić information content (AvgIpc) is 2.62. The molecule has 0 spiro atoms. The van der Waals surface area contributed by atoms with E-state index in [1.165, 1.54) is 11.1 Å². The molecule has 0 radical (unpaired) electrons. The lowest BCUT2D eigenvalue weighted by Crippen LogP contribution is -2.46. The maximum absolute atomic E-state index is 12.6. The maximum atomic E-state index is 12.6. The molecule has 2 amide bonds. The third kappa shape index (κ3) is 5.30. The summed E-state index contributed by atoms with van der Waals surface area (Å²) in [5, 5.41) is 3.11. The number of amides is 2. The summed E-state index contributed by atoms with van der Waals surface area (Å²) in [4.78, 5) is 28.4. The van der Waals surface area contributed by atoms with Gasteiger partial charge in [-0.25, -0.2) is 0 Å². The second-order valence-corrected chi connectivity index (χ2v) is 7.17. The largest absolute Gasteiger partial charge is 0.354 e. The molecule has 25 heavy (non-hydrogen) atoms. The van der Waals surface area contributed by atoms with Crippen LogP contribution in [0.4, 0.5) is 0 Å².